The van der Waals surface area contributed by atoms with Crippen molar-refractivity contribution < 1.29 is 13.2 Å². The van der Waals surface area contributed by atoms with Crippen molar-refractivity contribution in [2.75, 3.05) is 19.6 Å². The molecule has 0 saturated heterocycles. The predicted octanol–water partition coefficient (Wildman–Crippen LogP) is 0.110. The van der Waals surface area contributed by atoms with E-state index in [1.54, 1.807) is 0 Å². The molecule has 1 rings (SSSR count). The third kappa shape index (κ3) is 3.62. The molecule has 1 unspecified atom stereocenters. The van der Waals surface area contributed by atoms with Crippen LogP contribution >= 0.6 is 27.5 Å². The van der Waals surface area contributed by atoms with E-state index in [2.05, 4.69) is 31.0 Å². The first-order valence-corrected chi connectivity index (χ1v) is 7.36. The van der Waals surface area contributed by atoms with Gasteiger partial charge in [0.15, 0.2) is 4.60 Å². The summed E-state index contributed by atoms with van der Waals surface area (Å²) in [6.07, 6.45) is 0. The van der Waals surface area contributed by atoms with E-state index in [4.69, 9.17) is 16.3 Å². The van der Waals surface area contributed by atoms with E-state index in [1.807, 2.05) is 0 Å². The van der Waals surface area contributed by atoms with Gasteiger partial charge in [-0.2, -0.15) is 0 Å². The van der Waals surface area contributed by atoms with Crippen LogP contribution in [0, 0.1) is 0 Å². The van der Waals surface area contributed by atoms with E-state index in [1.165, 1.54) is 14.2 Å². The van der Waals surface area contributed by atoms with Crippen LogP contribution in [0.25, 0.3) is 0 Å². The average Bonchev–Trinajstić information content (AvgIpc) is 2.58. The monoisotopic (exact) mass is 346 g/mol. The van der Waals surface area contributed by atoms with E-state index in [0.717, 1.165) is 4.68 Å². The Morgan fingerprint density at radius 1 is 1.65 bits per heavy atom. The number of nitrogens with one attached hydrogen (secondary N) is 1. The predicted molar refractivity (Wildman–Crippen MR) is 65.4 cm³/mol. The molecule has 17 heavy (non-hydrogen) atoms. The number of ether oxygens (including phenoxy) is 1. The van der Waals surface area contributed by atoms with Gasteiger partial charge in [0.05, 0.1) is 12.6 Å². The van der Waals surface area contributed by atoms with Gasteiger partial charge in [0, 0.05) is 20.0 Å². The lowest BCUT2D eigenvalue weighted by molar-refractivity contribution is 0.181. The zero-order valence-corrected chi connectivity index (χ0v) is 12.4. The molecule has 0 amide bonds. The van der Waals surface area contributed by atoms with Crippen molar-refractivity contribution in [2.24, 2.45) is 7.05 Å². The summed E-state index contributed by atoms with van der Waals surface area (Å²) in [4.78, 5) is 0. The molecule has 0 radical (unpaired) electrons. The summed E-state index contributed by atoms with van der Waals surface area (Å²) >= 11 is 8.66. The highest BCUT2D eigenvalue weighted by atomic mass is 79.9. The van der Waals surface area contributed by atoms with Crippen LogP contribution < -0.4 is 4.72 Å². The zero-order chi connectivity index (χ0) is 13.1. The Hall–Kier alpha value is -0.220. The number of aryl methyl sites for hydroxylation is 1. The molecule has 0 aromatic carbocycles. The van der Waals surface area contributed by atoms with Crippen LogP contribution in [0.3, 0.4) is 0 Å². The minimum Gasteiger partial charge on any atom is -0.383 e. The molecular formula is C7H12BrClN4O3S. The first-order chi connectivity index (χ1) is 7.92. The largest absolute Gasteiger partial charge is 0.383 e. The van der Waals surface area contributed by atoms with Gasteiger partial charge in [-0.25, -0.2) is 17.8 Å². The summed E-state index contributed by atoms with van der Waals surface area (Å²) in [7, 11) is -0.783. The number of alkyl halides is 1. The Morgan fingerprint density at radius 3 is 2.71 bits per heavy atom. The molecule has 7 nitrogen and oxygen atoms in total. The molecule has 1 heterocycles. The Morgan fingerprint density at radius 2 is 2.29 bits per heavy atom. The van der Waals surface area contributed by atoms with Gasteiger partial charge in [0.25, 0.3) is 10.0 Å². The second kappa shape index (κ2) is 6.10. The quantitative estimate of drug-likeness (QED) is 0.738. The molecule has 0 aliphatic carbocycles. The number of hydrogen-bond donors (Lipinski definition) is 1. The summed E-state index contributed by atoms with van der Waals surface area (Å²) in [5, 5.41) is 7.15. The van der Waals surface area contributed by atoms with Crippen LogP contribution in [0.15, 0.2) is 9.63 Å². The van der Waals surface area contributed by atoms with E-state index in [-0.39, 0.29) is 22.1 Å². The fourth-order valence-corrected chi connectivity index (χ4v) is 3.77. The molecule has 98 valence electrons. The molecule has 1 aromatic heterocycles. The normalized spacial score (nSPS) is 13.9. The third-order valence-corrected chi connectivity index (χ3v) is 4.65. The molecule has 0 bridgehead atoms. The first-order valence-electron chi connectivity index (χ1n) is 4.54. The number of hydrogen-bond acceptors (Lipinski definition) is 5. The molecule has 1 atom stereocenters. The molecule has 0 aliphatic heterocycles. The third-order valence-electron chi connectivity index (χ3n) is 1.87. The van der Waals surface area contributed by atoms with Crippen LogP contribution in [0.4, 0.5) is 0 Å². The van der Waals surface area contributed by atoms with Crippen molar-refractivity contribution in [3.8, 4) is 0 Å². The van der Waals surface area contributed by atoms with Crippen LogP contribution in [-0.2, 0) is 21.8 Å². The smallest absolute Gasteiger partial charge is 0.260 e. The number of aromatic nitrogens is 3. The summed E-state index contributed by atoms with van der Waals surface area (Å²) < 4.78 is 32.6. The second-order valence-corrected chi connectivity index (χ2v) is 5.93. The SMILES string of the molecule is COCC(CCl)NS(=O)(=O)c1c(Br)nnn1C. The van der Waals surface area contributed by atoms with Crippen LogP contribution in [0.2, 0.25) is 0 Å². The maximum Gasteiger partial charge on any atom is 0.260 e. The number of sulfonamides is 1. The standard InChI is InChI=1S/C7H12BrClN4O3S/c1-13-7(6(8)10-12-13)17(14,15)11-5(3-9)4-16-2/h5,11H,3-4H2,1-2H3. The molecule has 0 aliphatic rings. The van der Waals surface area contributed by atoms with Gasteiger partial charge in [-0.05, 0) is 15.9 Å². The highest BCUT2D eigenvalue weighted by Gasteiger charge is 2.26. The first kappa shape index (κ1) is 14.8. The summed E-state index contributed by atoms with van der Waals surface area (Å²) in [5.74, 6) is 0.107. The number of halogens is 2. The minimum atomic E-state index is -3.74. The summed E-state index contributed by atoms with van der Waals surface area (Å²) in [6, 6.07) is -0.506. The van der Waals surface area contributed by atoms with Gasteiger partial charge in [0.2, 0.25) is 5.03 Å². The fourth-order valence-electron chi connectivity index (χ4n) is 1.19. The fraction of sp³-hybridized carbons (Fsp3) is 0.714. The Labute approximate surface area is 113 Å². The zero-order valence-electron chi connectivity index (χ0n) is 9.22. The average molecular weight is 348 g/mol. The summed E-state index contributed by atoms with van der Waals surface area (Å²) in [6.45, 7) is 0.186. The highest BCUT2D eigenvalue weighted by molar-refractivity contribution is 9.10. The molecule has 0 spiro atoms. The van der Waals surface area contributed by atoms with Gasteiger partial charge in [-0.15, -0.1) is 16.7 Å². The van der Waals surface area contributed by atoms with E-state index < -0.39 is 16.1 Å². The lowest BCUT2D eigenvalue weighted by Gasteiger charge is -2.14. The minimum absolute atomic E-state index is 0.0521. The van der Waals surface area contributed by atoms with Crippen molar-refractivity contribution >= 4 is 37.6 Å². The van der Waals surface area contributed by atoms with Gasteiger partial charge < -0.3 is 4.74 Å². The lowest BCUT2D eigenvalue weighted by Crippen LogP contribution is -2.40. The van der Waals surface area contributed by atoms with Gasteiger partial charge in [-0.3, -0.25) is 0 Å². The second-order valence-electron chi connectivity index (χ2n) is 3.24. The number of nitrogens with zero attached hydrogens (tertiary/aromatic N) is 3. The molecule has 1 aromatic rings. The van der Waals surface area contributed by atoms with Gasteiger partial charge in [-0.1, -0.05) is 5.21 Å². The molecule has 0 fully saturated rings. The van der Waals surface area contributed by atoms with Crippen molar-refractivity contribution in [2.45, 2.75) is 11.1 Å². The van der Waals surface area contributed by atoms with Crippen molar-refractivity contribution in [1.29, 1.82) is 0 Å². The Kier molecular flexibility index (Phi) is 5.32. The molecule has 0 saturated carbocycles. The Balaban J connectivity index is 2.96. The lowest BCUT2D eigenvalue weighted by atomic mass is 10.4. The maximum absolute atomic E-state index is 12.0. The van der Waals surface area contributed by atoms with Gasteiger partial charge in [0.1, 0.15) is 0 Å². The van der Waals surface area contributed by atoms with Crippen LogP contribution in [0.5, 0.6) is 0 Å². The molecular weight excluding hydrogens is 336 g/mol. The van der Waals surface area contributed by atoms with Crippen molar-refractivity contribution in [3.63, 3.8) is 0 Å². The maximum atomic E-state index is 12.0. The van der Waals surface area contributed by atoms with E-state index in [0.29, 0.717) is 0 Å². The Bertz CT molecular complexity index is 458. The van der Waals surface area contributed by atoms with E-state index >= 15 is 0 Å². The number of methoxy groups -OCH3 is 1. The van der Waals surface area contributed by atoms with Crippen molar-refractivity contribution in [3.05, 3.63) is 4.60 Å². The topological polar surface area (TPSA) is 86.1 Å². The molecule has 10 heteroatoms. The van der Waals surface area contributed by atoms with Crippen LogP contribution in [-0.4, -0.2) is 49.1 Å². The molecule has 1 N–H and O–H groups in total. The van der Waals surface area contributed by atoms with Crippen molar-refractivity contribution in [1.82, 2.24) is 19.7 Å². The summed E-state index contributed by atoms with van der Waals surface area (Å²) in [5.41, 5.74) is 0. The number of rotatable bonds is 6. The van der Waals surface area contributed by atoms with Gasteiger partial charge >= 0.3 is 0 Å². The van der Waals surface area contributed by atoms with E-state index in [9.17, 15) is 8.42 Å². The van der Waals surface area contributed by atoms with Crippen LogP contribution in [0.1, 0.15) is 0 Å². The highest BCUT2D eigenvalue weighted by Crippen LogP contribution is 2.17.